The standard InChI is InChI=1S/C28H24F3N/c1-2-4-18-7-9-19(10-8-18)22-15-26(29)25(27(30)16-22)14-11-20-5-3-6-24-23(20)13-12-21(17-32)28(24)31/h3,5-6,12-13,15-16,18-19H,2,4,7-10H2,1H3. The molecule has 4 rings (SSSR count). The Kier molecular flexibility index (Phi) is 6.52. The first-order valence-corrected chi connectivity index (χ1v) is 11.1. The second kappa shape index (κ2) is 9.49. The van der Waals surface area contributed by atoms with Crippen LogP contribution in [0.25, 0.3) is 10.8 Å². The van der Waals surface area contributed by atoms with Crippen molar-refractivity contribution >= 4 is 10.8 Å². The van der Waals surface area contributed by atoms with E-state index in [1.54, 1.807) is 24.3 Å². The van der Waals surface area contributed by atoms with Gasteiger partial charge >= 0.3 is 0 Å². The van der Waals surface area contributed by atoms with Gasteiger partial charge in [-0.3, -0.25) is 0 Å². The molecule has 1 aliphatic carbocycles. The van der Waals surface area contributed by atoms with Crippen LogP contribution in [0.2, 0.25) is 0 Å². The fraction of sp³-hybridized carbons (Fsp3) is 0.321. The average Bonchev–Trinajstić information content (AvgIpc) is 2.79. The SMILES string of the molecule is CCCC1CCC(c2cc(F)c(C#Cc3cccc4c(F)c(C#N)ccc34)c(F)c2)CC1. The highest BCUT2D eigenvalue weighted by atomic mass is 19.1. The Morgan fingerprint density at radius 1 is 0.875 bits per heavy atom. The van der Waals surface area contributed by atoms with Crippen molar-refractivity contribution < 1.29 is 13.2 Å². The lowest BCUT2D eigenvalue weighted by Gasteiger charge is -2.28. The van der Waals surface area contributed by atoms with Crippen LogP contribution in [0.5, 0.6) is 0 Å². The maximum atomic E-state index is 14.8. The maximum absolute atomic E-state index is 14.8. The molecular formula is C28H24F3N. The number of halogens is 3. The van der Waals surface area contributed by atoms with Crippen LogP contribution >= 0.6 is 0 Å². The van der Waals surface area contributed by atoms with Crippen molar-refractivity contribution in [2.24, 2.45) is 5.92 Å². The van der Waals surface area contributed by atoms with E-state index < -0.39 is 17.5 Å². The third kappa shape index (κ3) is 4.37. The van der Waals surface area contributed by atoms with Gasteiger partial charge in [0.25, 0.3) is 0 Å². The van der Waals surface area contributed by atoms with Crippen molar-refractivity contribution in [1.82, 2.24) is 0 Å². The van der Waals surface area contributed by atoms with Gasteiger partial charge in [0.15, 0.2) is 0 Å². The number of hydrogen-bond acceptors (Lipinski definition) is 1. The molecule has 3 aromatic carbocycles. The molecule has 4 heteroatoms. The fourth-order valence-corrected chi connectivity index (χ4v) is 4.79. The van der Waals surface area contributed by atoms with E-state index in [0.717, 1.165) is 31.6 Å². The Balaban J connectivity index is 1.62. The number of rotatable bonds is 3. The number of hydrogen-bond donors (Lipinski definition) is 0. The lowest BCUT2D eigenvalue weighted by atomic mass is 9.77. The van der Waals surface area contributed by atoms with Crippen molar-refractivity contribution in [3.05, 3.63) is 82.2 Å². The van der Waals surface area contributed by atoms with Gasteiger partial charge in [-0.1, -0.05) is 49.8 Å². The van der Waals surface area contributed by atoms with Gasteiger partial charge in [0.2, 0.25) is 0 Å². The highest BCUT2D eigenvalue weighted by Crippen LogP contribution is 2.38. The van der Waals surface area contributed by atoms with Crippen molar-refractivity contribution in [3.63, 3.8) is 0 Å². The molecule has 0 heterocycles. The molecule has 0 saturated heterocycles. The van der Waals surface area contributed by atoms with Crippen LogP contribution in [0.4, 0.5) is 13.2 Å². The molecule has 3 aromatic rings. The van der Waals surface area contributed by atoms with Crippen molar-refractivity contribution in [1.29, 1.82) is 5.26 Å². The van der Waals surface area contributed by atoms with E-state index in [1.165, 1.54) is 31.0 Å². The number of nitriles is 1. The first-order chi connectivity index (χ1) is 15.5. The first-order valence-electron chi connectivity index (χ1n) is 11.1. The van der Waals surface area contributed by atoms with E-state index in [2.05, 4.69) is 18.8 Å². The molecule has 162 valence electrons. The predicted molar refractivity (Wildman–Crippen MR) is 121 cm³/mol. The Hall–Kier alpha value is -3.24. The summed E-state index contributed by atoms with van der Waals surface area (Å²) in [5, 5.41) is 9.77. The molecule has 0 unspecified atom stereocenters. The summed E-state index contributed by atoms with van der Waals surface area (Å²) in [7, 11) is 0. The van der Waals surface area contributed by atoms with E-state index in [-0.39, 0.29) is 22.4 Å². The summed E-state index contributed by atoms with van der Waals surface area (Å²) in [6.07, 6.45) is 6.53. The zero-order valence-electron chi connectivity index (χ0n) is 18.0. The normalized spacial score (nSPS) is 18.1. The topological polar surface area (TPSA) is 23.8 Å². The average molecular weight is 432 g/mol. The minimum absolute atomic E-state index is 0.0565. The molecule has 0 N–H and O–H groups in total. The van der Waals surface area contributed by atoms with Crippen LogP contribution in [-0.4, -0.2) is 0 Å². The van der Waals surface area contributed by atoms with E-state index in [4.69, 9.17) is 5.26 Å². The Bertz CT molecular complexity index is 1230. The van der Waals surface area contributed by atoms with Gasteiger partial charge in [0.05, 0.1) is 11.1 Å². The summed E-state index contributed by atoms with van der Waals surface area (Å²) in [5.74, 6) is 4.35. The van der Waals surface area contributed by atoms with Crippen LogP contribution in [0.1, 0.15) is 73.6 Å². The molecule has 32 heavy (non-hydrogen) atoms. The smallest absolute Gasteiger partial charge is 0.148 e. The summed E-state index contributed by atoms with van der Waals surface area (Å²) >= 11 is 0. The third-order valence-electron chi connectivity index (χ3n) is 6.52. The van der Waals surface area contributed by atoms with E-state index in [9.17, 15) is 13.2 Å². The van der Waals surface area contributed by atoms with Crippen molar-refractivity contribution in [2.45, 2.75) is 51.4 Å². The van der Waals surface area contributed by atoms with Crippen LogP contribution in [0, 0.1) is 46.5 Å². The highest BCUT2D eigenvalue weighted by molar-refractivity contribution is 5.90. The first kappa shape index (κ1) is 22.0. The van der Waals surface area contributed by atoms with Gasteiger partial charge in [-0.05, 0) is 67.3 Å². The molecule has 0 aromatic heterocycles. The molecule has 0 bridgehead atoms. The van der Waals surface area contributed by atoms with Gasteiger partial charge < -0.3 is 0 Å². The molecule has 0 amide bonds. The van der Waals surface area contributed by atoms with Crippen molar-refractivity contribution in [2.75, 3.05) is 0 Å². The number of nitrogens with zero attached hydrogens (tertiary/aromatic N) is 1. The zero-order chi connectivity index (χ0) is 22.7. The van der Waals surface area contributed by atoms with Crippen LogP contribution in [0.15, 0.2) is 42.5 Å². The largest absolute Gasteiger partial charge is 0.206 e. The Labute approximate surface area is 186 Å². The summed E-state index contributed by atoms with van der Waals surface area (Å²) in [4.78, 5) is 0. The fourth-order valence-electron chi connectivity index (χ4n) is 4.79. The number of fused-ring (bicyclic) bond motifs is 1. The van der Waals surface area contributed by atoms with Crippen molar-refractivity contribution in [3.8, 4) is 17.9 Å². The van der Waals surface area contributed by atoms with Crippen LogP contribution < -0.4 is 0 Å². The van der Waals surface area contributed by atoms with Gasteiger partial charge in [0, 0.05) is 16.3 Å². The molecule has 1 saturated carbocycles. The molecule has 1 fully saturated rings. The lowest BCUT2D eigenvalue weighted by molar-refractivity contribution is 0.307. The highest BCUT2D eigenvalue weighted by Gasteiger charge is 2.23. The molecule has 1 nitrogen and oxygen atoms in total. The van der Waals surface area contributed by atoms with E-state index >= 15 is 0 Å². The lowest BCUT2D eigenvalue weighted by Crippen LogP contribution is -2.13. The van der Waals surface area contributed by atoms with Gasteiger partial charge in [-0.25, -0.2) is 13.2 Å². The summed E-state index contributed by atoms with van der Waals surface area (Å²) in [5.41, 5.74) is 0.818. The number of benzene rings is 3. The summed E-state index contributed by atoms with van der Waals surface area (Å²) in [6.45, 7) is 2.19. The van der Waals surface area contributed by atoms with Crippen LogP contribution in [-0.2, 0) is 0 Å². The minimum atomic E-state index is -0.665. The molecule has 0 atom stereocenters. The van der Waals surface area contributed by atoms with Gasteiger partial charge in [-0.15, -0.1) is 0 Å². The molecule has 0 spiro atoms. The molecule has 1 aliphatic rings. The molecule has 0 aliphatic heterocycles. The quantitative estimate of drug-likeness (QED) is 0.392. The zero-order valence-corrected chi connectivity index (χ0v) is 18.0. The Morgan fingerprint density at radius 3 is 2.25 bits per heavy atom. The monoisotopic (exact) mass is 431 g/mol. The Morgan fingerprint density at radius 2 is 1.59 bits per heavy atom. The molecule has 0 radical (unpaired) electrons. The second-order valence-electron chi connectivity index (χ2n) is 8.56. The predicted octanol–water partition coefficient (Wildman–Crippen LogP) is 7.60. The van der Waals surface area contributed by atoms with E-state index in [0.29, 0.717) is 16.5 Å². The van der Waals surface area contributed by atoms with E-state index in [1.807, 2.05) is 6.07 Å². The second-order valence-corrected chi connectivity index (χ2v) is 8.56. The molecular weight excluding hydrogens is 407 g/mol. The van der Waals surface area contributed by atoms with Gasteiger partial charge in [0.1, 0.15) is 23.5 Å². The maximum Gasteiger partial charge on any atom is 0.148 e. The summed E-state index contributed by atoms with van der Waals surface area (Å²) in [6, 6.07) is 12.5. The third-order valence-corrected chi connectivity index (χ3v) is 6.52. The van der Waals surface area contributed by atoms with Gasteiger partial charge in [-0.2, -0.15) is 5.26 Å². The minimum Gasteiger partial charge on any atom is -0.206 e. The summed E-state index contributed by atoms with van der Waals surface area (Å²) < 4.78 is 44.0. The van der Waals surface area contributed by atoms with Crippen LogP contribution in [0.3, 0.4) is 0 Å².